The van der Waals surface area contributed by atoms with Crippen molar-refractivity contribution in [1.29, 1.82) is 0 Å². The molecule has 1 aromatic carbocycles. The zero-order valence-electron chi connectivity index (χ0n) is 14.1. The standard InChI is InChI=1S/C18H19N7O/c26-18(21-14-4-3-5-16(12-14)25-11-9-20-23-25)22-15-7-10-24(13-15)17-6-1-2-8-19-17/h1-6,8-9,11-12,15H,7,10,13H2,(H2,21,22,26). The number of hydrogen-bond donors (Lipinski definition) is 2. The number of nitrogens with one attached hydrogen (secondary N) is 2. The summed E-state index contributed by atoms with van der Waals surface area (Å²) in [6.45, 7) is 1.63. The number of urea groups is 1. The van der Waals surface area contributed by atoms with Gasteiger partial charge >= 0.3 is 6.03 Å². The van der Waals surface area contributed by atoms with Crippen LogP contribution in [0.25, 0.3) is 5.69 Å². The lowest BCUT2D eigenvalue weighted by molar-refractivity contribution is 0.249. The Morgan fingerprint density at radius 2 is 2.12 bits per heavy atom. The Balaban J connectivity index is 1.34. The van der Waals surface area contributed by atoms with Crippen LogP contribution in [-0.2, 0) is 0 Å². The molecule has 2 aromatic heterocycles. The second-order valence-corrected chi connectivity index (χ2v) is 6.12. The maximum atomic E-state index is 12.3. The number of carbonyl (C=O) groups excluding carboxylic acids is 1. The van der Waals surface area contributed by atoms with Gasteiger partial charge in [-0.15, -0.1) is 5.10 Å². The first-order valence-electron chi connectivity index (χ1n) is 8.48. The van der Waals surface area contributed by atoms with Gasteiger partial charge in [0.05, 0.1) is 18.1 Å². The van der Waals surface area contributed by atoms with Gasteiger partial charge < -0.3 is 15.5 Å². The van der Waals surface area contributed by atoms with Crippen LogP contribution in [0.1, 0.15) is 6.42 Å². The van der Waals surface area contributed by atoms with Crippen LogP contribution in [0.5, 0.6) is 0 Å². The highest BCUT2D eigenvalue weighted by Gasteiger charge is 2.24. The molecule has 1 fully saturated rings. The van der Waals surface area contributed by atoms with Crippen LogP contribution in [0, 0.1) is 0 Å². The second-order valence-electron chi connectivity index (χ2n) is 6.12. The van der Waals surface area contributed by atoms with Gasteiger partial charge in [-0.3, -0.25) is 0 Å². The number of aromatic nitrogens is 4. The molecule has 1 aliphatic rings. The summed E-state index contributed by atoms with van der Waals surface area (Å²) in [6, 6.07) is 13.2. The average Bonchev–Trinajstić information content (AvgIpc) is 3.35. The molecule has 1 unspecified atom stereocenters. The first-order chi connectivity index (χ1) is 12.8. The molecule has 0 radical (unpaired) electrons. The molecule has 2 N–H and O–H groups in total. The number of hydrogen-bond acceptors (Lipinski definition) is 5. The Hall–Kier alpha value is -3.42. The Bertz CT molecular complexity index is 866. The number of carbonyl (C=O) groups is 1. The molecule has 0 saturated carbocycles. The van der Waals surface area contributed by atoms with E-state index in [2.05, 4.69) is 30.8 Å². The van der Waals surface area contributed by atoms with Crippen molar-refractivity contribution >= 4 is 17.5 Å². The summed E-state index contributed by atoms with van der Waals surface area (Å²) in [5.74, 6) is 0.942. The summed E-state index contributed by atoms with van der Waals surface area (Å²) in [5, 5.41) is 13.7. The lowest BCUT2D eigenvalue weighted by atomic mass is 10.2. The number of pyridine rings is 1. The van der Waals surface area contributed by atoms with Crippen LogP contribution in [-0.4, -0.2) is 45.1 Å². The van der Waals surface area contributed by atoms with Crippen molar-refractivity contribution in [3.8, 4) is 5.69 Å². The molecule has 3 aromatic rings. The van der Waals surface area contributed by atoms with E-state index in [1.807, 2.05) is 42.5 Å². The highest BCUT2D eigenvalue weighted by molar-refractivity contribution is 5.89. The van der Waals surface area contributed by atoms with Crippen molar-refractivity contribution in [1.82, 2.24) is 25.3 Å². The summed E-state index contributed by atoms with van der Waals surface area (Å²) in [5.41, 5.74) is 1.54. The van der Waals surface area contributed by atoms with Gasteiger partial charge in [-0.2, -0.15) is 0 Å². The SMILES string of the molecule is O=C(Nc1cccc(-n2ccnn2)c1)NC1CCN(c2ccccn2)C1. The first kappa shape index (κ1) is 16.1. The van der Waals surface area contributed by atoms with Gasteiger partial charge in [-0.05, 0) is 36.8 Å². The van der Waals surface area contributed by atoms with E-state index in [1.165, 1.54) is 0 Å². The molecule has 1 atom stereocenters. The van der Waals surface area contributed by atoms with Crippen LogP contribution in [0.2, 0.25) is 0 Å². The molecule has 1 saturated heterocycles. The third kappa shape index (κ3) is 3.64. The summed E-state index contributed by atoms with van der Waals surface area (Å²) in [6.07, 6.45) is 6.04. The van der Waals surface area contributed by atoms with E-state index in [9.17, 15) is 4.79 Å². The molecule has 3 heterocycles. The zero-order chi connectivity index (χ0) is 17.8. The molecule has 0 spiro atoms. The average molecular weight is 349 g/mol. The van der Waals surface area contributed by atoms with Gasteiger partial charge in [0.1, 0.15) is 5.82 Å². The van der Waals surface area contributed by atoms with Crippen molar-refractivity contribution in [3.63, 3.8) is 0 Å². The molecule has 0 aliphatic carbocycles. The van der Waals surface area contributed by atoms with E-state index in [-0.39, 0.29) is 12.1 Å². The fraction of sp³-hybridized carbons (Fsp3) is 0.222. The van der Waals surface area contributed by atoms with Crippen molar-refractivity contribution in [2.75, 3.05) is 23.3 Å². The van der Waals surface area contributed by atoms with E-state index in [0.29, 0.717) is 5.69 Å². The van der Waals surface area contributed by atoms with Crippen LogP contribution in [0.4, 0.5) is 16.3 Å². The summed E-state index contributed by atoms with van der Waals surface area (Å²) in [7, 11) is 0. The van der Waals surface area contributed by atoms with Crippen molar-refractivity contribution < 1.29 is 4.79 Å². The fourth-order valence-electron chi connectivity index (χ4n) is 3.05. The van der Waals surface area contributed by atoms with Gasteiger partial charge in [0.15, 0.2) is 0 Å². The van der Waals surface area contributed by atoms with Crippen molar-refractivity contribution in [3.05, 3.63) is 61.1 Å². The maximum Gasteiger partial charge on any atom is 0.319 e. The molecule has 2 amide bonds. The largest absolute Gasteiger partial charge is 0.354 e. The monoisotopic (exact) mass is 349 g/mol. The Labute approximate surface area is 150 Å². The van der Waals surface area contributed by atoms with E-state index in [0.717, 1.165) is 31.0 Å². The zero-order valence-corrected chi connectivity index (χ0v) is 14.1. The number of anilines is 2. The van der Waals surface area contributed by atoms with E-state index < -0.39 is 0 Å². The molecule has 132 valence electrons. The minimum absolute atomic E-state index is 0.0931. The van der Waals surface area contributed by atoms with Crippen LogP contribution >= 0.6 is 0 Å². The second kappa shape index (κ2) is 7.22. The predicted octanol–water partition coefficient (Wildman–Crippen LogP) is 2.06. The van der Waals surface area contributed by atoms with Crippen LogP contribution in [0.3, 0.4) is 0 Å². The lowest BCUT2D eigenvalue weighted by Gasteiger charge is -2.18. The molecular weight excluding hydrogens is 330 g/mol. The van der Waals surface area contributed by atoms with E-state index in [1.54, 1.807) is 23.3 Å². The van der Waals surface area contributed by atoms with Gasteiger partial charge in [-0.25, -0.2) is 14.5 Å². The Morgan fingerprint density at radius 1 is 1.15 bits per heavy atom. The van der Waals surface area contributed by atoms with Gasteiger partial charge in [0, 0.05) is 31.0 Å². The van der Waals surface area contributed by atoms with Crippen LogP contribution < -0.4 is 15.5 Å². The number of rotatable bonds is 4. The number of amides is 2. The van der Waals surface area contributed by atoms with Gasteiger partial charge in [0.25, 0.3) is 0 Å². The van der Waals surface area contributed by atoms with Crippen molar-refractivity contribution in [2.24, 2.45) is 0 Å². The molecule has 8 nitrogen and oxygen atoms in total. The van der Waals surface area contributed by atoms with Gasteiger partial charge in [0.2, 0.25) is 0 Å². The lowest BCUT2D eigenvalue weighted by Crippen LogP contribution is -2.39. The molecular formula is C18H19N7O. The third-order valence-corrected chi connectivity index (χ3v) is 4.29. The normalized spacial score (nSPS) is 16.5. The maximum absolute atomic E-state index is 12.3. The summed E-state index contributed by atoms with van der Waals surface area (Å²) >= 11 is 0. The minimum atomic E-state index is -0.214. The predicted molar refractivity (Wildman–Crippen MR) is 98.4 cm³/mol. The molecule has 4 rings (SSSR count). The smallest absolute Gasteiger partial charge is 0.319 e. The topological polar surface area (TPSA) is 88.0 Å². The Morgan fingerprint density at radius 3 is 2.92 bits per heavy atom. The highest BCUT2D eigenvalue weighted by Crippen LogP contribution is 2.18. The molecule has 26 heavy (non-hydrogen) atoms. The Kier molecular flexibility index (Phi) is 4.46. The number of benzene rings is 1. The molecule has 8 heteroatoms. The number of nitrogens with zero attached hydrogens (tertiary/aromatic N) is 5. The van der Waals surface area contributed by atoms with E-state index in [4.69, 9.17) is 0 Å². The third-order valence-electron chi connectivity index (χ3n) is 4.29. The quantitative estimate of drug-likeness (QED) is 0.753. The van der Waals surface area contributed by atoms with Crippen LogP contribution in [0.15, 0.2) is 61.1 Å². The van der Waals surface area contributed by atoms with E-state index >= 15 is 0 Å². The summed E-state index contributed by atoms with van der Waals surface area (Å²) < 4.78 is 1.64. The fourth-order valence-corrected chi connectivity index (χ4v) is 3.05. The molecule has 1 aliphatic heterocycles. The first-order valence-corrected chi connectivity index (χ1v) is 8.48. The highest BCUT2D eigenvalue weighted by atomic mass is 16.2. The molecule has 0 bridgehead atoms. The van der Waals surface area contributed by atoms with Crippen molar-refractivity contribution in [2.45, 2.75) is 12.5 Å². The minimum Gasteiger partial charge on any atom is -0.354 e. The van der Waals surface area contributed by atoms with Gasteiger partial charge in [-0.1, -0.05) is 17.3 Å². The summed E-state index contributed by atoms with van der Waals surface area (Å²) in [4.78, 5) is 18.9.